The summed E-state index contributed by atoms with van der Waals surface area (Å²) in [5, 5.41) is 0. The topological polar surface area (TPSA) is 0 Å². The number of thioether (sulfide) groups is 1. The van der Waals surface area contributed by atoms with Crippen LogP contribution >= 0.6 is 27.7 Å². The van der Waals surface area contributed by atoms with Crippen molar-refractivity contribution in [3.8, 4) is 0 Å². The number of benzene rings is 1. The first-order chi connectivity index (χ1) is 5.97. The fourth-order valence-electron chi connectivity index (χ4n) is 0.696. The molecule has 0 aliphatic rings. The summed E-state index contributed by atoms with van der Waals surface area (Å²) in [5.41, 5.74) is 0. The first-order valence-electron chi connectivity index (χ1n) is 3.42. The van der Waals surface area contributed by atoms with Gasteiger partial charge in [0.25, 0.3) is 0 Å². The number of rotatable bonds is 2. The first-order valence-corrected chi connectivity index (χ1v) is 5.20. The minimum atomic E-state index is -4.10. The Labute approximate surface area is 86.6 Å². The summed E-state index contributed by atoms with van der Waals surface area (Å²) in [7, 11) is 0. The number of halogens is 4. The van der Waals surface area contributed by atoms with Gasteiger partial charge in [-0.2, -0.15) is 13.2 Å². The zero-order valence-electron chi connectivity index (χ0n) is 6.44. The van der Waals surface area contributed by atoms with Crippen LogP contribution in [0.25, 0.3) is 0 Å². The molecule has 0 aromatic heterocycles. The van der Waals surface area contributed by atoms with Crippen molar-refractivity contribution in [2.24, 2.45) is 0 Å². The lowest BCUT2D eigenvalue weighted by molar-refractivity contribution is -0.105. The summed E-state index contributed by atoms with van der Waals surface area (Å²) in [4.78, 5) is 0.625. The van der Waals surface area contributed by atoms with Gasteiger partial charge in [-0.05, 0) is 24.3 Å². The van der Waals surface area contributed by atoms with E-state index in [-0.39, 0.29) is 0 Å². The van der Waals surface area contributed by atoms with E-state index in [1.54, 1.807) is 24.3 Å². The van der Waals surface area contributed by atoms with Crippen molar-refractivity contribution in [1.29, 1.82) is 0 Å². The summed E-state index contributed by atoms with van der Waals surface area (Å²) in [6.07, 6.45) is -4.10. The zero-order chi connectivity index (χ0) is 9.90. The van der Waals surface area contributed by atoms with Gasteiger partial charge in [-0.25, -0.2) is 0 Å². The van der Waals surface area contributed by atoms with Gasteiger partial charge in [0.2, 0.25) is 0 Å². The van der Waals surface area contributed by atoms with Gasteiger partial charge in [0.05, 0.1) is 5.75 Å². The molecule has 1 rings (SSSR count). The van der Waals surface area contributed by atoms with E-state index in [4.69, 9.17) is 0 Å². The van der Waals surface area contributed by atoms with Crippen LogP contribution in [-0.2, 0) is 0 Å². The molecule has 0 aliphatic carbocycles. The Morgan fingerprint density at radius 2 is 1.69 bits per heavy atom. The second-order valence-electron chi connectivity index (χ2n) is 2.36. The highest BCUT2D eigenvalue weighted by atomic mass is 79.9. The molecule has 0 saturated heterocycles. The van der Waals surface area contributed by atoms with Gasteiger partial charge < -0.3 is 0 Å². The third-order valence-electron chi connectivity index (χ3n) is 1.22. The molecule has 0 radical (unpaired) electrons. The smallest absolute Gasteiger partial charge is 0.170 e. The average Bonchev–Trinajstić information content (AvgIpc) is 2.02. The van der Waals surface area contributed by atoms with Crippen molar-refractivity contribution < 1.29 is 13.2 Å². The molecule has 0 fully saturated rings. The Hall–Kier alpha value is -0.160. The maximum atomic E-state index is 11.8. The predicted octanol–water partition coefficient (Wildman–Crippen LogP) is 4.10. The molecule has 1 aromatic rings. The highest BCUT2D eigenvalue weighted by Crippen LogP contribution is 2.27. The quantitative estimate of drug-likeness (QED) is 0.729. The molecule has 1 aromatic carbocycles. The summed E-state index contributed by atoms with van der Waals surface area (Å²) in [5.74, 6) is -0.839. The molecule has 13 heavy (non-hydrogen) atoms. The summed E-state index contributed by atoms with van der Waals surface area (Å²) < 4.78 is 36.2. The summed E-state index contributed by atoms with van der Waals surface area (Å²) in [6.45, 7) is 0. The van der Waals surface area contributed by atoms with E-state index in [1.165, 1.54) is 0 Å². The van der Waals surface area contributed by atoms with Gasteiger partial charge in [-0.3, -0.25) is 0 Å². The molecule has 0 aliphatic heterocycles. The summed E-state index contributed by atoms with van der Waals surface area (Å²) >= 11 is 3.99. The fourth-order valence-corrected chi connectivity index (χ4v) is 1.62. The van der Waals surface area contributed by atoms with Crippen LogP contribution in [0.5, 0.6) is 0 Å². The Morgan fingerprint density at radius 3 is 2.15 bits per heavy atom. The van der Waals surface area contributed by atoms with Crippen LogP contribution in [0, 0.1) is 0 Å². The molecular weight excluding hydrogens is 265 g/mol. The molecule has 0 saturated carbocycles. The van der Waals surface area contributed by atoms with Crippen LogP contribution in [0.3, 0.4) is 0 Å². The van der Waals surface area contributed by atoms with Crippen molar-refractivity contribution >= 4 is 27.7 Å². The van der Waals surface area contributed by atoms with Gasteiger partial charge >= 0.3 is 6.18 Å². The second kappa shape index (κ2) is 4.37. The fraction of sp³-hybridized carbons (Fsp3) is 0.250. The van der Waals surface area contributed by atoms with Crippen molar-refractivity contribution in [2.75, 3.05) is 5.75 Å². The van der Waals surface area contributed by atoms with Crippen molar-refractivity contribution in [2.45, 2.75) is 11.1 Å². The molecule has 0 unspecified atom stereocenters. The lowest BCUT2D eigenvalue weighted by atomic mass is 10.4. The zero-order valence-corrected chi connectivity index (χ0v) is 8.84. The van der Waals surface area contributed by atoms with Crippen LogP contribution in [0.15, 0.2) is 33.6 Å². The van der Waals surface area contributed by atoms with Crippen molar-refractivity contribution in [1.82, 2.24) is 0 Å². The third kappa shape index (κ3) is 4.57. The Bertz CT molecular complexity index is 268. The molecule has 0 N–H and O–H groups in total. The maximum Gasteiger partial charge on any atom is 0.398 e. The first kappa shape index (κ1) is 10.9. The molecule has 5 heteroatoms. The van der Waals surface area contributed by atoms with Gasteiger partial charge in [0.1, 0.15) is 0 Å². The van der Waals surface area contributed by atoms with Gasteiger partial charge in [-0.1, -0.05) is 15.9 Å². The minimum absolute atomic E-state index is 0.625. The van der Waals surface area contributed by atoms with Crippen LogP contribution in [0.4, 0.5) is 13.2 Å². The van der Waals surface area contributed by atoms with E-state index >= 15 is 0 Å². The molecule has 0 heterocycles. The van der Waals surface area contributed by atoms with E-state index < -0.39 is 11.9 Å². The Balaban J connectivity index is 2.51. The molecule has 0 spiro atoms. The maximum absolute atomic E-state index is 11.8. The Morgan fingerprint density at radius 1 is 1.15 bits per heavy atom. The SMILES string of the molecule is FC(F)(F)CSc1ccc(Br)cc1. The number of hydrogen-bond donors (Lipinski definition) is 0. The van der Waals surface area contributed by atoms with Gasteiger partial charge in [-0.15, -0.1) is 11.8 Å². The van der Waals surface area contributed by atoms with Crippen molar-refractivity contribution in [3.63, 3.8) is 0 Å². The predicted molar refractivity (Wildman–Crippen MR) is 50.9 cm³/mol. The molecule has 0 amide bonds. The second-order valence-corrected chi connectivity index (χ2v) is 4.32. The third-order valence-corrected chi connectivity index (χ3v) is 2.82. The van der Waals surface area contributed by atoms with E-state index in [0.29, 0.717) is 4.90 Å². The highest BCUT2D eigenvalue weighted by Gasteiger charge is 2.26. The largest absolute Gasteiger partial charge is 0.398 e. The van der Waals surface area contributed by atoms with Crippen molar-refractivity contribution in [3.05, 3.63) is 28.7 Å². The van der Waals surface area contributed by atoms with Crippen LogP contribution < -0.4 is 0 Å². The Kier molecular flexibility index (Phi) is 3.67. The van der Waals surface area contributed by atoms with E-state index in [9.17, 15) is 13.2 Å². The van der Waals surface area contributed by atoms with Crippen LogP contribution in [0.1, 0.15) is 0 Å². The molecule has 0 bridgehead atoms. The van der Waals surface area contributed by atoms with E-state index in [0.717, 1.165) is 16.2 Å². The molecular formula is C8H6BrF3S. The van der Waals surface area contributed by atoms with E-state index in [1.807, 2.05) is 0 Å². The molecule has 72 valence electrons. The normalized spacial score (nSPS) is 11.7. The van der Waals surface area contributed by atoms with Crippen LogP contribution in [-0.4, -0.2) is 11.9 Å². The minimum Gasteiger partial charge on any atom is -0.170 e. The summed E-state index contributed by atoms with van der Waals surface area (Å²) in [6, 6.07) is 6.75. The number of alkyl halides is 3. The lowest BCUT2D eigenvalue weighted by Crippen LogP contribution is -2.10. The highest BCUT2D eigenvalue weighted by molar-refractivity contribution is 9.10. The average molecular weight is 271 g/mol. The standard InChI is InChI=1S/C8H6BrF3S/c9-6-1-3-7(4-2-6)13-5-8(10,11)12/h1-4H,5H2. The van der Waals surface area contributed by atoms with Crippen LogP contribution in [0.2, 0.25) is 0 Å². The molecule has 0 atom stereocenters. The van der Waals surface area contributed by atoms with E-state index in [2.05, 4.69) is 15.9 Å². The monoisotopic (exact) mass is 270 g/mol. The molecule has 0 nitrogen and oxygen atoms in total. The lowest BCUT2D eigenvalue weighted by Gasteiger charge is -2.05. The van der Waals surface area contributed by atoms with Gasteiger partial charge in [0, 0.05) is 9.37 Å². The number of hydrogen-bond acceptors (Lipinski definition) is 1. The van der Waals surface area contributed by atoms with Gasteiger partial charge in [0.15, 0.2) is 0 Å².